The SMILES string of the molecule is Cc1ccccc1C(=O)N1CCC(NC(=O)c2ccc(Cl)c(Cl)c2)CC1. The Bertz CT molecular complexity index is 830. The van der Waals surface area contributed by atoms with Gasteiger partial charge in [0.15, 0.2) is 0 Å². The first kappa shape index (κ1) is 18.7. The average Bonchev–Trinajstić information content (AvgIpc) is 2.64. The number of hydrogen-bond donors (Lipinski definition) is 1. The van der Waals surface area contributed by atoms with Crippen molar-refractivity contribution in [1.82, 2.24) is 10.2 Å². The van der Waals surface area contributed by atoms with E-state index in [1.165, 1.54) is 0 Å². The van der Waals surface area contributed by atoms with Gasteiger partial charge in [0.05, 0.1) is 10.0 Å². The summed E-state index contributed by atoms with van der Waals surface area (Å²) in [5, 5.41) is 3.80. The molecule has 0 bridgehead atoms. The Morgan fingerprint density at radius 3 is 2.38 bits per heavy atom. The van der Waals surface area contributed by atoms with Gasteiger partial charge in [-0.25, -0.2) is 0 Å². The summed E-state index contributed by atoms with van der Waals surface area (Å²) in [7, 11) is 0. The van der Waals surface area contributed by atoms with Gasteiger partial charge in [-0.1, -0.05) is 41.4 Å². The lowest BCUT2D eigenvalue weighted by atomic mass is 10.0. The van der Waals surface area contributed by atoms with Crippen LogP contribution in [0.1, 0.15) is 39.1 Å². The Morgan fingerprint density at radius 1 is 1.04 bits per heavy atom. The van der Waals surface area contributed by atoms with Crippen molar-refractivity contribution in [2.45, 2.75) is 25.8 Å². The van der Waals surface area contributed by atoms with Gasteiger partial charge in [-0.05, 0) is 49.6 Å². The summed E-state index contributed by atoms with van der Waals surface area (Å²) in [4.78, 5) is 26.9. The number of piperidine rings is 1. The molecule has 136 valence electrons. The second kappa shape index (κ2) is 8.11. The molecule has 2 aromatic carbocycles. The fourth-order valence-corrected chi connectivity index (χ4v) is 3.41. The predicted molar refractivity (Wildman–Crippen MR) is 104 cm³/mol. The maximum absolute atomic E-state index is 12.7. The van der Waals surface area contributed by atoms with E-state index < -0.39 is 0 Å². The Balaban J connectivity index is 1.57. The minimum Gasteiger partial charge on any atom is -0.349 e. The zero-order chi connectivity index (χ0) is 18.7. The van der Waals surface area contributed by atoms with Crippen LogP contribution in [0, 0.1) is 6.92 Å². The second-order valence-electron chi connectivity index (χ2n) is 6.48. The fraction of sp³-hybridized carbons (Fsp3) is 0.300. The summed E-state index contributed by atoms with van der Waals surface area (Å²) in [6, 6.07) is 12.5. The van der Waals surface area contributed by atoms with Crippen LogP contribution < -0.4 is 5.32 Å². The van der Waals surface area contributed by atoms with E-state index in [9.17, 15) is 9.59 Å². The average molecular weight is 391 g/mol. The Morgan fingerprint density at radius 2 is 1.73 bits per heavy atom. The summed E-state index contributed by atoms with van der Waals surface area (Å²) in [6.45, 7) is 3.19. The second-order valence-corrected chi connectivity index (χ2v) is 7.30. The number of halogens is 2. The summed E-state index contributed by atoms with van der Waals surface area (Å²) in [5.74, 6) is -0.121. The smallest absolute Gasteiger partial charge is 0.254 e. The predicted octanol–water partition coefficient (Wildman–Crippen LogP) is 4.34. The van der Waals surface area contributed by atoms with E-state index in [2.05, 4.69) is 5.32 Å². The quantitative estimate of drug-likeness (QED) is 0.847. The molecule has 1 fully saturated rings. The van der Waals surface area contributed by atoms with Gasteiger partial charge in [0.2, 0.25) is 0 Å². The van der Waals surface area contributed by atoms with Crippen LogP contribution in [0.4, 0.5) is 0 Å². The lowest BCUT2D eigenvalue weighted by Crippen LogP contribution is -2.46. The van der Waals surface area contributed by atoms with Crippen molar-refractivity contribution in [3.63, 3.8) is 0 Å². The molecule has 2 aromatic rings. The van der Waals surface area contributed by atoms with Crippen LogP contribution in [0.15, 0.2) is 42.5 Å². The number of aryl methyl sites for hydroxylation is 1. The highest BCUT2D eigenvalue weighted by molar-refractivity contribution is 6.42. The number of carbonyl (C=O) groups excluding carboxylic acids is 2. The van der Waals surface area contributed by atoms with Gasteiger partial charge in [0.25, 0.3) is 11.8 Å². The number of hydrogen-bond acceptors (Lipinski definition) is 2. The van der Waals surface area contributed by atoms with E-state index in [4.69, 9.17) is 23.2 Å². The molecule has 6 heteroatoms. The van der Waals surface area contributed by atoms with Crippen LogP contribution in [0.2, 0.25) is 10.0 Å². The summed E-state index contributed by atoms with van der Waals surface area (Å²) in [6.07, 6.45) is 1.45. The maximum atomic E-state index is 12.7. The highest BCUT2D eigenvalue weighted by Crippen LogP contribution is 2.23. The third-order valence-corrected chi connectivity index (χ3v) is 5.41. The third kappa shape index (κ3) is 4.19. The Hall–Kier alpha value is -2.04. The number of amides is 2. The maximum Gasteiger partial charge on any atom is 0.254 e. The molecule has 26 heavy (non-hydrogen) atoms. The largest absolute Gasteiger partial charge is 0.349 e. The van der Waals surface area contributed by atoms with Crippen molar-refractivity contribution in [2.75, 3.05) is 13.1 Å². The Kier molecular flexibility index (Phi) is 5.84. The van der Waals surface area contributed by atoms with Crippen molar-refractivity contribution >= 4 is 35.0 Å². The van der Waals surface area contributed by atoms with E-state index in [1.807, 2.05) is 36.1 Å². The molecule has 1 aliphatic rings. The molecule has 0 aliphatic carbocycles. The molecule has 0 atom stereocenters. The summed E-state index contributed by atoms with van der Waals surface area (Å²) < 4.78 is 0. The molecule has 1 N–H and O–H groups in total. The topological polar surface area (TPSA) is 49.4 Å². The summed E-state index contributed by atoms with van der Waals surface area (Å²) in [5.41, 5.74) is 2.20. The van der Waals surface area contributed by atoms with Crippen LogP contribution in [0.3, 0.4) is 0 Å². The fourth-order valence-electron chi connectivity index (χ4n) is 3.12. The van der Waals surface area contributed by atoms with E-state index in [1.54, 1.807) is 18.2 Å². The van der Waals surface area contributed by atoms with Crippen LogP contribution in [0.5, 0.6) is 0 Å². The van der Waals surface area contributed by atoms with Crippen molar-refractivity contribution in [2.24, 2.45) is 0 Å². The van der Waals surface area contributed by atoms with Gasteiger partial charge < -0.3 is 10.2 Å². The number of carbonyl (C=O) groups is 2. The molecule has 0 spiro atoms. The molecule has 1 aliphatic heterocycles. The van der Waals surface area contributed by atoms with E-state index >= 15 is 0 Å². The highest BCUT2D eigenvalue weighted by Gasteiger charge is 2.25. The number of likely N-dealkylation sites (tertiary alicyclic amines) is 1. The van der Waals surface area contributed by atoms with Crippen LogP contribution >= 0.6 is 23.2 Å². The first-order valence-electron chi connectivity index (χ1n) is 8.56. The van der Waals surface area contributed by atoms with Gasteiger partial charge >= 0.3 is 0 Å². The van der Waals surface area contributed by atoms with Crippen molar-refractivity contribution in [3.05, 3.63) is 69.2 Å². The molecule has 1 saturated heterocycles. The monoisotopic (exact) mass is 390 g/mol. The lowest BCUT2D eigenvalue weighted by Gasteiger charge is -2.32. The first-order chi connectivity index (χ1) is 12.5. The minimum atomic E-state index is -0.174. The summed E-state index contributed by atoms with van der Waals surface area (Å²) >= 11 is 11.9. The molecular formula is C20H20Cl2N2O2. The normalized spacial score (nSPS) is 15.0. The van der Waals surface area contributed by atoms with Crippen molar-refractivity contribution in [3.8, 4) is 0 Å². The lowest BCUT2D eigenvalue weighted by molar-refractivity contribution is 0.0697. The molecule has 4 nitrogen and oxygen atoms in total. The van der Waals surface area contributed by atoms with Crippen molar-refractivity contribution in [1.29, 1.82) is 0 Å². The standard InChI is InChI=1S/C20H20Cl2N2O2/c1-13-4-2-3-5-16(13)20(26)24-10-8-15(9-11-24)23-19(25)14-6-7-17(21)18(22)12-14/h2-7,12,15H,8-11H2,1H3,(H,23,25). The van der Waals surface area contributed by atoms with Gasteiger partial charge in [0.1, 0.15) is 0 Å². The third-order valence-electron chi connectivity index (χ3n) is 4.67. The van der Waals surface area contributed by atoms with Crippen LogP contribution in [-0.2, 0) is 0 Å². The highest BCUT2D eigenvalue weighted by atomic mass is 35.5. The van der Waals surface area contributed by atoms with E-state index in [0.717, 1.165) is 24.0 Å². The van der Waals surface area contributed by atoms with Gasteiger partial charge in [0, 0.05) is 30.3 Å². The van der Waals surface area contributed by atoms with Crippen molar-refractivity contribution < 1.29 is 9.59 Å². The molecule has 0 saturated carbocycles. The molecule has 1 heterocycles. The van der Waals surface area contributed by atoms with E-state index in [0.29, 0.717) is 28.7 Å². The minimum absolute atomic E-state index is 0.0397. The zero-order valence-corrected chi connectivity index (χ0v) is 16.0. The molecular weight excluding hydrogens is 371 g/mol. The van der Waals surface area contributed by atoms with Gasteiger partial charge in [-0.2, -0.15) is 0 Å². The van der Waals surface area contributed by atoms with E-state index in [-0.39, 0.29) is 17.9 Å². The molecule has 0 aromatic heterocycles. The number of nitrogens with zero attached hydrogens (tertiary/aromatic N) is 1. The Labute approximate surface area is 163 Å². The zero-order valence-electron chi connectivity index (χ0n) is 14.5. The molecule has 0 radical (unpaired) electrons. The first-order valence-corrected chi connectivity index (χ1v) is 9.32. The van der Waals surface area contributed by atoms with Gasteiger partial charge in [-0.3, -0.25) is 9.59 Å². The van der Waals surface area contributed by atoms with Crippen LogP contribution in [0.25, 0.3) is 0 Å². The number of nitrogens with one attached hydrogen (secondary N) is 1. The number of benzene rings is 2. The number of rotatable bonds is 3. The molecule has 0 unspecified atom stereocenters. The van der Waals surface area contributed by atoms with Crippen LogP contribution in [-0.4, -0.2) is 35.8 Å². The van der Waals surface area contributed by atoms with Gasteiger partial charge in [-0.15, -0.1) is 0 Å². The molecule has 3 rings (SSSR count). The molecule has 2 amide bonds.